The maximum Gasteiger partial charge on any atom is 0.255 e. The molecular weight excluding hydrogens is 320 g/mol. The second-order valence-corrected chi connectivity index (χ2v) is 6.89. The van der Waals surface area contributed by atoms with Crippen LogP contribution < -0.4 is 11.1 Å². The average molecular weight is 344 g/mol. The first-order chi connectivity index (χ1) is 11.9. The van der Waals surface area contributed by atoms with Gasteiger partial charge in [-0.3, -0.25) is 24.6 Å². The van der Waals surface area contributed by atoms with Gasteiger partial charge in [-0.25, -0.2) is 0 Å². The van der Waals surface area contributed by atoms with E-state index in [0.717, 1.165) is 17.7 Å². The molecule has 1 aromatic carbocycles. The molecule has 0 saturated carbocycles. The first kappa shape index (κ1) is 17.6. The number of carbonyl (C=O) groups is 3. The molecule has 2 atom stereocenters. The van der Waals surface area contributed by atoms with Crippen molar-refractivity contribution in [3.05, 3.63) is 34.9 Å². The van der Waals surface area contributed by atoms with E-state index >= 15 is 0 Å². The Morgan fingerprint density at radius 2 is 2.12 bits per heavy atom. The summed E-state index contributed by atoms with van der Waals surface area (Å²) in [5.41, 5.74) is 8.39. The van der Waals surface area contributed by atoms with E-state index in [1.165, 1.54) is 0 Å². The maximum absolute atomic E-state index is 12.6. The van der Waals surface area contributed by atoms with Gasteiger partial charge in [0.05, 0.1) is 0 Å². The summed E-state index contributed by atoms with van der Waals surface area (Å²) in [4.78, 5) is 39.8. The Hall–Kier alpha value is -2.25. The number of likely N-dealkylation sites (N-methyl/N-ethyl adjacent to an activating group) is 1. The number of piperidine rings is 1. The quantitative estimate of drug-likeness (QED) is 0.746. The lowest BCUT2D eigenvalue weighted by Crippen LogP contribution is -2.52. The second kappa shape index (κ2) is 6.93. The highest BCUT2D eigenvalue weighted by Crippen LogP contribution is 2.28. The molecule has 7 heteroatoms. The molecule has 7 nitrogen and oxygen atoms in total. The Morgan fingerprint density at radius 1 is 1.36 bits per heavy atom. The van der Waals surface area contributed by atoms with Crippen LogP contribution in [0.2, 0.25) is 0 Å². The number of benzene rings is 1. The van der Waals surface area contributed by atoms with E-state index in [4.69, 9.17) is 5.73 Å². The van der Waals surface area contributed by atoms with Crippen LogP contribution in [0.15, 0.2) is 18.2 Å². The van der Waals surface area contributed by atoms with Crippen molar-refractivity contribution in [2.45, 2.75) is 44.9 Å². The van der Waals surface area contributed by atoms with Gasteiger partial charge in [-0.15, -0.1) is 0 Å². The lowest BCUT2D eigenvalue weighted by atomic mass is 10.0. The molecule has 2 aliphatic heterocycles. The highest BCUT2D eigenvalue weighted by Gasteiger charge is 2.39. The van der Waals surface area contributed by atoms with Crippen LogP contribution >= 0.6 is 0 Å². The van der Waals surface area contributed by atoms with Crippen LogP contribution in [0.1, 0.15) is 41.3 Å². The zero-order chi connectivity index (χ0) is 18.1. The van der Waals surface area contributed by atoms with Gasteiger partial charge in [0.2, 0.25) is 11.8 Å². The molecule has 1 saturated heterocycles. The number of nitrogens with two attached hydrogens (primary N) is 1. The fourth-order valence-electron chi connectivity index (χ4n) is 3.35. The fraction of sp³-hybridized carbons (Fsp3) is 0.500. The Balaban J connectivity index is 1.75. The molecule has 1 fully saturated rings. The molecule has 2 heterocycles. The topological polar surface area (TPSA) is 95.7 Å². The summed E-state index contributed by atoms with van der Waals surface area (Å²) in [6.07, 6.45) is 0.650. The number of fused-ring (bicyclic) bond motifs is 1. The van der Waals surface area contributed by atoms with Crippen LogP contribution in [-0.4, -0.2) is 53.2 Å². The molecule has 3 N–H and O–H groups in total. The van der Waals surface area contributed by atoms with Gasteiger partial charge in [-0.05, 0) is 37.6 Å². The first-order valence-electron chi connectivity index (χ1n) is 8.57. The van der Waals surface area contributed by atoms with Crippen LogP contribution in [0.4, 0.5) is 0 Å². The molecule has 0 spiro atoms. The van der Waals surface area contributed by atoms with E-state index in [2.05, 4.69) is 17.1 Å². The molecule has 3 amide bonds. The van der Waals surface area contributed by atoms with E-state index < -0.39 is 6.04 Å². The van der Waals surface area contributed by atoms with Crippen molar-refractivity contribution in [1.29, 1.82) is 0 Å². The number of nitrogens with zero attached hydrogens (tertiary/aromatic N) is 2. The van der Waals surface area contributed by atoms with Crippen LogP contribution in [0.25, 0.3) is 0 Å². The minimum atomic E-state index is -0.569. The maximum atomic E-state index is 12.6. The largest absolute Gasteiger partial charge is 0.329 e. The zero-order valence-corrected chi connectivity index (χ0v) is 14.6. The molecule has 0 aliphatic carbocycles. The summed E-state index contributed by atoms with van der Waals surface area (Å²) in [5.74, 6) is -0.793. The third-order valence-corrected chi connectivity index (χ3v) is 5.11. The van der Waals surface area contributed by atoms with Gasteiger partial charge in [0.1, 0.15) is 6.04 Å². The predicted molar refractivity (Wildman–Crippen MR) is 92.5 cm³/mol. The SMILES string of the molecule is CC(CN)N(C)Cc1ccc2c(c1)CN(C1CCC(=O)NC1=O)C2=O. The Bertz CT molecular complexity index is 718. The molecule has 1 aromatic rings. The molecular formula is C18H24N4O3. The van der Waals surface area contributed by atoms with E-state index in [-0.39, 0.29) is 30.2 Å². The molecule has 3 rings (SSSR count). The lowest BCUT2D eigenvalue weighted by Gasteiger charge is -2.29. The van der Waals surface area contributed by atoms with E-state index in [1.54, 1.807) is 4.90 Å². The van der Waals surface area contributed by atoms with Crippen molar-refractivity contribution in [3.8, 4) is 0 Å². The number of imide groups is 1. The summed E-state index contributed by atoms with van der Waals surface area (Å²) >= 11 is 0. The third kappa shape index (κ3) is 3.43. The lowest BCUT2D eigenvalue weighted by molar-refractivity contribution is -0.136. The van der Waals surface area contributed by atoms with Gasteiger partial charge >= 0.3 is 0 Å². The van der Waals surface area contributed by atoms with Crippen molar-refractivity contribution < 1.29 is 14.4 Å². The summed E-state index contributed by atoms with van der Waals surface area (Å²) in [5, 5.41) is 2.32. The number of amides is 3. The highest BCUT2D eigenvalue weighted by molar-refractivity contribution is 6.05. The summed E-state index contributed by atoms with van der Waals surface area (Å²) in [7, 11) is 2.02. The number of carbonyl (C=O) groups excluding carboxylic acids is 3. The van der Waals surface area contributed by atoms with Crippen LogP contribution in [0.3, 0.4) is 0 Å². The van der Waals surface area contributed by atoms with Gasteiger partial charge in [0.15, 0.2) is 0 Å². The molecule has 0 radical (unpaired) electrons. The van der Waals surface area contributed by atoms with Gasteiger partial charge < -0.3 is 10.6 Å². The standard InChI is InChI=1S/C18H24N4O3/c1-11(8-19)21(2)9-12-3-4-14-13(7-12)10-22(18(14)25)15-5-6-16(23)20-17(15)24/h3-4,7,11,15H,5-6,8-10,19H2,1-2H3,(H,20,23,24). The smallest absolute Gasteiger partial charge is 0.255 e. The van der Waals surface area contributed by atoms with Crippen LogP contribution in [-0.2, 0) is 22.7 Å². The Kier molecular flexibility index (Phi) is 4.87. The highest BCUT2D eigenvalue weighted by atomic mass is 16.2. The zero-order valence-electron chi connectivity index (χ0n) is 14.6. The third-order valence-electron chi connectivity index (χ3n) is 5.11. The van der Waals surface area contributed by atoms with Gasteiger partial charge in [-0.2, -0.15) is 0 Å². The minimum absolute atomic E-state index is 0.139. The molecule has 2 unspecified atom stereocenters. The van der Waals surface area contributed by atoms with Gasteiger partial charge in [-0.1, -0.05) is 12.1 Å². The summed E-state index contributed by atoms with van der Waals surface area (Å²) in [6.45, 7) is 3.81. The number of hydrogen-bond donors (Lipinski definition) is 2. The second-order valence-electron chi connectivity index (χ2n) is 6.89. The van der Waals surface area contributed by atoms with E-state index in [0.29, 0.717) is 25.1 Å². The number of nitrogens with one attached hydrogen (secondary N) is 1. The van der Waals surface area contributed by atoms with Crippen LogP contribution in [0, 0.1) is 0 Å². The molecule has 0 bridgehead atoms. The molecule has 25 heavy (non-hydrogen) atoms. The Morgan fingerprint density at radius 3 is 2.80 bits per heavy atom. The molecule has 2 aliphatic rings. The van der Waals surface area contributed by atoms with Crippen LogP contribution in [0.5, 0.6) is 0 Å². The first-order valence-corrected chi connectivity index (χ1v) is 8.57. The van der Waals surface area contributed by atoms with Crippen molar-refractivity contribution >= 4 is 17.7 Å². The predicted octanol–water partition coefficient (Wildman–Crippen LogP) is 0.227. The monoisotopic (exact) mass is 344 g/mol. The van der Waals surface area contributed by atoms with Gasteiger partial charge in [0.25, 0.3) is 5.91 Å². The normalized spacial score (nSPS) is 21.5. The van der Waals surface area contributed by atoms with Crippen molar-refractivity contribution in [1.82, 2.24) is 15.1 Å². The number of rotatable bonds is 5. The fourth-order valence-corrected chi connectivity index (χ4v) is 3.35. The van der Waals surface area contributed by atoms with Gasteiger partial charge in [0, 0.05) is 37.7 Å². The average Bonchev–Trinajstić information content (AvgIpc) is 2.90. The Labute approximate surface area is 147 Å². The minimum Gasteiger partial charge on any atom is -0.329 e. The summed E-state index contributed by atoms with van der Waals surface area (Å²) < 4.78 is 0. The molecule has 0 aromatic heterocycles. The van der Waals surface area contributed by atoms with Crippen molar-refractivity contribution in [2.24, 2.45) is 5.73 Å². The van der Waals surface area contributed by atoms with Crippen molar-refractivity contribution in [2.75, 3.05) is 13.6 Å². The van der Waals surface area contributed by atoms with E-state index in [1.807, 2.05) is 25.2 Å². The molecule has 134 valence electrons. The van der Waals surface area contributed by atoms with E-state index in [9.17, 15) is 14.4 Å². The summed E-state index contributed by atoms with van der Waals surface area (Å²) in [6, 6.07) is 5.51. The van der Waals surface area contributed by atoms with Crippen molar-refractivity contribution in [3.63, 3.8) is 0 Å². The number of hydrogen-bond acceptors (Lipinski definition) is 5.